The third kappa shape index (κ3) is 4.07. The van der Waals surface area contributed by atoms with Crippen molar-refractivity contribution in [1.82, 2.24) is 10.3 Å². The number of aromatic carboxylic acids is 1. The summed E-state index contributed by atoms with van der Waals surface area (Å²) in [6, 6.07) is 10.5. The van der Waals surface area contributed by atoms with Crippen molar-refractivity contribution < 1.29 is 14.6 Å². The first-order valence-corrected chi connectivity index (χ1v) is 6.32. The zero-order valence-corrected chi connectivity index (χ0v) is 11.0. The number of carboxylic acids is 1. The van der Waals surface area contributed by atoms with Crippen LogP contribution in [0.25, 0.3) is 0 Å². The van der Waals surface area contributed by atoms with Gasteiger partial charge in [-0.1, -0.05) is 18.2 Å². The Balaban J connectivity index is 1.75. The zero-order chi connectivity index (χ0) is 14.2. The van der Waals surface area contributed by atoms with E-state index in [0.717, 1.165) is 5.56 Å². The molecule has 0 aliphatic rings. The highest BCUT2D eigenvalue weighted by atomic mass is 16.5. The molecule has 5 heteroatoms. The van der Waals surface area contributed by atoms with Crippen molar-refractivity contribution in [2.24, 2.45) is 0 Å². The molecule has 0 radical (unpaired) electrons. The Bertz CT molecular complexity index is 558. The van der Waals surface area contributed by atoms with Gasteiger partial charge in [0.25, 0.3) is 0 Å². The Kier molecular flexibility index (Phi) is 5.08. The van der Waals surface area contributed by atoms with Gasteiger partial charge in [0.05, 0.1) is 0 Å². The monoisotopic (exact) mass is 272 g/mol. The first-order chi connectivity index (χ1) is 9.77. The van der Waals surface area contributed by atoms with Gasteiger partial charge in [0.2, 0.25) is 0 Å². The normalized spacial score (nSPS) is 10.2. The summed E-state index contributed by atoms with van der Waals surface area (Å²) in [5.41, 5.74) is 1.28. The molecular formula is C15H16N2O3. The van der Waals surface area contributed by atoms with Gasteiger partial charge in [-0.3, -0.25) is 4.98 Å². The number of hydrogen-bond donors (Lipinski definition) is 2. The van der Waals surface area contributed by atoms with Crippen LogP contribution in [0.15, 0.2) is 48.8 Å². The van der Waals surface area contributed by atoms with Crippen LogP contribution < -0.4 is 10.1 Å². The number of aromatic nitrogens is 1. The van der Waals surface area contributed by atoms with E-state index >= 15 is 0 Å². The van der Waals surface area contributed by atoms with Gasteiger partial charge in [0, 0.05) is 25.5 Å². The van der Waals surface area contributed by atoms with Gasteiger partial charge < -0.3 is 15.2 Å². The summed E-state index contributed by atoms with van der Waals surface area (Å²) in [5.74, 6) is -0.591. The number of para-hydroxylation sites is 1. The lowest BCUT2D eigenvalue weighted by atomic mass is 10.2. The lowest BCUT2D eigenvalue weighted by Crippen LogP contribution is -2.21. The van der Waals surface area contributed by atoms with Crippen molar-refractivity contribution in [3.8, 4) is 5.75 Å². The molecule has 20 heavy (non-hydrogen) atoms. The van der Waals surface area contributed by atoms with Crippen LogP contribution in [0.1, 0.15) is 15.9 Å². The fraction of sp³-hybridized carbons (Fsp3) is 0.200. The van der Waals surface area contributed by atoms with Gasteiger partial charge in [-0.2, -0.15) is 0 Å². The summed E-state index contributed by atoms with van der Waals surface area (Å²) in [6.07, 6.45) is 3.53. The minimum atomic E-state index is -0.982. The van der Waals surface area contributed by atoms with E-state index in [1.165, 1.54) is 6.07 Å². The number of hydrogen-bond acceptors (Lipinski definition) is 4. The van der Waals surface area contributed by atoms with E-state index in [9.17, 15) is 4.79 Å². The van der Waals surface area contributed by atoms with Crippen LogP contribution in [0, 0.1) is 0 Å². The van der Waals surface area contributed by atoms with Gasteiger partial charge >= 0.3 is 5.97 Å². The number of nitrogens with zero attached hydrogens (tertiary/aromatic N) is 1. The second-order valence-corrected chi connectivity index (χ2v) is 4.19. The molecule has 0 atom stereocenters. The fourth-order valence-corrected chi connectivity index (χ4v) is 1.74. The van der Waals surface area contributed by atoms with Crippen LogP contribution >= 0.6 is 0 Å². The third-order valence-electron chi connectivity index (χ3n) is 2.71. The smallest absolute Gasteiger partial charge is 0.339 e. The molecule has 0 saturated carbocycles. The van der Waals surface area contributed by atoms with Gasteiger partial charge in [-0.25, -0.2) is 4.79 Å². The van der Waals surface area contributed by atoms with E-state index in [1.54, 1.807) is 30.6 Å². The topological polar surface area (TPSA) is 71.5 Å². The lowest BCUT2D eigenvalue weighted by Gasteiger charge is -2.09. The minimum Gasteiger partial charge on any atom is -0.491 e. The van der Waals surface area contributed by atoms with E-state index in [-0.39, 0.29) is 5.56 Å². The first-order valence-electron chi connectivity index (χ1n) is 6.32. The maximum atomic E-state index is 11.0. The Labute approximate surface area is 117 Å². The molecule has 0 bridgehead atoms. The van der Waals surface area contributed by atoms with Gasteiger partial charge in [0.15, 0.2) is 0 Å². The van der Waals surface area contributed by atoms with Crippen molar-refractivity contribution in [2.45, 2.75) is 6.54 Å². The Hall–Kier alpha value is -2.40. The average molecular weight is 272 g/mol. The van der Waals surface area contributed by atoms with E-state index in [2.05, 4.69) is 10.3 Å². The highest BCUT2D eigenvalue weighted by Crippen LogP contribution is 2.17. The first kappa shape index (κ1) is 14.0. The van der Waals surface area contributed by atoms with Crippen molar-refractivity contribution in [2.75, 3.05) is 13.2 Å². The standard InChI is InChI=1S/C15H16N2O3/c18-15(19)13-5-1-2-6-14(13)20-9-8-17-11-12-4-3-7-16-10-12/h1-7,10,17H,8-9,11H2,(H,18,19). The fourth-order valence-electron chi connectivity index (χ4n) is 1.74. The van der Waals surface area contributed by atoms with Crippen molar-refractivity contribution in [3.05, 3.63) is 59.9 Å². The molecule has 0 aliphatic heterocycles. The molecule has 2 rings (SSSR count). The van der Waals surface area contributed by atoms with Gasteiger partial charge in [-0.05, 0) is 23.8 Å². The molecule has 0 amide bonds. The summed E-state index contributed by atoms with van der Waals surface area (Å²) in [6.45, 7) is 1.74. The Morgan fingerprint density at radius 2 is 2.10 bits per heavy atom. The molecule has 104 valence electrons. The van der Waals surface area contributed by atoms with E-state index in [0.29, 0.717) is 25.4 Å². The molecular weight excluding hydrogens is 256 g/mol. The van der Waals surface area contributed by atoms with E-state index in [1.807, 2.05) is 12.1 Å². The molecule has 0 spiro atoms. The molecule has 2 aromatic rings. The molecule has 0 saturated heterocycles. The summed E-state index contributed by atoms with van der Waals surface area (Å²) < 4.78 is 5.48. The van der Waals surface area contributed by atoms with Crippen molar-refractivity contribution >= 4 is 5.97 Å². The maximum absolute atomic E-state index is 11.0. The molecule has 5 nitrogen and oxygen atoms in total. The van der Waals surface area contributed by atoms with E-state index < -0.39 is 5.97 Å². The lowest BCUT2D eigenvalue weighted by molar-refractivity contribution is 0.0692. The van der Waals surface area contributed by atoms with Crippen LogP contribution in [0.4, 0.5) is 0 Å². The maximum Gasteiger partial charge on any atom is 0.339 e. The SMILES string of the molecule is O=C(O)c1ccccc1OCCNCc1cccnc1. The second-order valence-electron chi connectivity index (χ2n) is 4.19. The van der Waals surface area contributed by atoms with Crippen LogP contribution in [-0.4, -0.2) is 29.2 Å². The van der Waals surface area contributed by atoms with Crippen molar-refractivity contribution in [3.63, 3.8) is 0 Å². The number of pyridine rings is 1. The summed E-state index contributed by atoms with van der Waals surface area (Å²) in [4.78, 5) is 15.0. The molecule has 0 unspecified atom stereocenters. The molecule has 1 aromatic heterocycles. The van der Waals surface area contributed by atoms with Gasteiger partial charge in [-0.15, -0.1) is 0 Å². The molecule has 0 aliphatic carbocycles. The largest absolute Gasteiger partial charge is 0.491 e. The molecule has 1 heterocycles. The Morgan fingerprint density at radius 3 is 2.85 bits per heavy atom. The molecule has 1 aromatic carbocycles. The average Bonchev–Trinajstić information content (AvgIpc) is 2.48. The highest BCUT2D eigenvalue weighted by Gasteiger charge is 2.09. The number of ether oxygens (including phenoxy) is 1. The number of carboxylic acid groups (broad SMARTS) is 1. The predicted molar refractivity (Wildman–Crippen MR) is 74.8 cm³/mol. The number of rotatable bonds is 7. The summed E-state index contributed by atoms with van der Waals surface area (Å²) in [5, 5.41) is 12.2. The number of benzene rings is 1. The number of carbonyl (C=O) groups is 1. The third-order valence-corrected chi connectivity index (χ3v) is 2.71. The van der Waals surface area contributed by atoms with Gasteiger partial charge in [0.1, 0.15) is 17.9 Å². The minimum absolute atomic E-state index is 0.180. The Morgan fingerprint density at radius 1 is 1.25 bits per heavy atom. The number of nitrogens with one attached hydrogen (secondary N) is 1. The molecule has 0 fully saturated rings. The second kappa shape index (κ2) is 7.25. The highest BCUT2D eigenvalue weighted by molar-refractivity contribution is 5.90. The summed E-state index contributed by atoms with van der Waals surface area (Å²) >= 11 is 0. The van der Waals surface area contributed by atoms with Crippen LogP contribution in [0.3, 0.4) is 0 Å². The van der Waals surface area contributed by atoms with Crippen LogP contribution in [-0.2, 0) is 6.54 Å². The van der Waals surface area contributed by atoms with E-state index in [4.69, 9.17) is 9.84 Å². The predicted octanol–water partition coefficient (Wildman–Crippen LogP) is 1.95. The van der Waals surface area contributed by atoms with Crippen LogP contribution in [0.5, 0.6) is 5.75 Å². The summed E-state index contributed by atoms with van der Waals surface area (Å²) in [7, 11) is 0. The zero-order valence-electron chi connectivity index (χ0n) is 11.0. The van der Waals surface area contributed by atoms with Crippen LogP contribution in [0.2, 0.25) is 0 Å². The quantitative estimate of drug-likeness (QED) is 0.754. The van der Waals surface area contributed by atoms with Crippen molar-refractivity contribution in [1.29, 1.82) is 0 Å². The molecule has 2 N–H and O–H groups in total.